The average Bonchev–Trinajstić information content (AvgIpc) is 3.08. The summed E-state index contributed by atoms with van der Waals surface area (Å²) < 4.78 is 5.81. The van der Waals surface area contributed by atoms with Gasteiger partial charge in [-0.05, 0) is 56.2 Å². The van der Waals surface area contributed by atoms with Crippen LogP contribution in [0.25, 0.3) is 0 Å². The van der Waals surface area contributed by atoms with E-state index < -0.39 is 23.4 Å². The molecule has 7 heteroatoms. The number of nitrogens with zero attached hydrogens (tertiary/aromatic N) is 3. The van der Waals surface area contributed by atoms with E-state index >= 15 is 0 Å². The maximum Gasteiger partial charge on any atom is 0.303 e. The van der Waals surface area contributed by atoms with Crippen molar-refractivity contribution in [1.82, 2.24) is 14.7 Å². The molecule has 5 atom stereocenters. The second kappa shape index (κ2) is 10.1. The van der Waals surface area contributed by atoms with Crippen LogP contribution in [0, 0.1) is 23.7 Å². The van der Waals surface area contributed by atoms with Gasteiger partial charge in [0.15, 0.2) is 0 Å². The van der Waals surface area contributed by atoms with E-state index in [4.69, 9.17) is 4.74 Å². The van der Waals surface area contributed by atoms with E-state index in [1.807, 2.05) is 13.0 Å². The lowest BCUT2D eigenvalue weighted by Gasteiger charge is -2.52. The topological polar surface area (TPSA) is 70.2 Å². The van der Waals surface area contributed by atoms with Gasteiger partial charge in [0, 0.05) is 46.2 Å². The Morgan fingerprint density at radius 3 is 2.31 bits per heavy atom. The maximum atomic E-state index is 13.5. The van der Waals surface area contributed by atoms with Gasteiger partial charge in [-0.25, -0.2) is 0 Å². The summed E-state index contributed by atoms with van der Waals surface area (Å²) in [5, 5.41) is 0. The van der Waals surface area contributed by atoms with Gasteiger partial charge in [-0.1, -0.05) is 42.8 Å². The van der Waals surface area contributed by atoms with Crippen molar-refractivity contribution in [2.75, 3.05) is 39.3 Å². The molecule has 6 rings (SSSR count). The summed E-state index contributed by atoms with van der Waals surface area (Å²) >= 11 is 0. The summed E-state index contributed by atoms with van der Waals surface area (Å²) in [5.41, 5.74) is 1.45. The van der Waals surface area contributed by atoms with Crippen LogP contribution in [0.15, 0.2) is 42.0 Å². The second-order valence-corrected chi connectivity index (χ2v) is 11.3. The smallest absolute Gasteiger partial charge is 0.303 e. The lowest BCUT2D eigenvalue weighted by atomic mass is 9.54. The number of rotatable bonds is 8. The molecule has 5 aliphatic rings. The molecular formula is C29H39N3O4. The largest absolute Gasteiger partial charge is 0.454 e. The number of esters is 1. The maximum absolute atomic E-state index is 13.5. The molecule has 36 heavy (non-hydrogen) atoms. The van der Waals surface area contributed by atoms with Crippen molar-refractivity contribution >= 4 is 17.8 Å². The molecule has 1 saturated carbocycles. The van der Waals surface area contributed by atoms with Crippen LogP contribution in [0.3, 0.4) is 0 Å². The molecule has 0 N–H and O–H groups in total. The molecule has 2 heterocycles. The number of unbranched alkanes of at least 4 members (excludes halogenated alkanes) is 1. The minimum atomic E-state index is -0.977. The molecule has 3 unspecified atom stereocenters. The quantitative estimate of drug-likeness (QED) is 0.240. The molecule has 7 nitrogen and oxygen atoms in total. The van der Waals surface area contributed by atoms with Gasteiger partial charge >= 0.3 is 5.97 Å². The zero-order valence-electron chi connectivity index (χ0n) is 21.8. The van der Waals surface area contributed by atoms with Crippen LogP contribution in [0.1, 0.15) is 45.6 Å². The minimum absolute atomic E-state index is 0.0565. The number of hydrogen-bond acceptors (Lipinski definition) is 6. The minimum Gasteiger partial charge on any atom is -0.454 e. The number of fused-ring (bicyclic) bond motifs is 1. The highest BCUT2D eigenvalue weighted by atomic mass is 16.6. The van der Waals surface area contributed by atoms with E-state index in [2.05, 4.69) is 47.1 Å². The monoisotopic (exact) mass is 493 g/mol. The number of likely N-dealkylation sites (tertiary alicyclic amines) is 1. The van der Waals surface area contributed by atoms with Crippen LogP contribution < -0.4 is 0 Å². The molecule has 2 amide bonds. The van der Waals surface area contributed by atoms with Crippen molar-refractivity contribution in [3.05, 3.63) is 47.5 Å². The fourth-order valence-electron chi connectivity index (χ4n) is 7.34. The fourth-order valence-corrected chi connectivity index (χ4v) is 7.34. The number of allylic oxidation sites excluding steroid dienone is 1. The highest BCUT2D eigenvalue weighted by Gasteiger charge is 2.67. The van der Waals surface area contributed by atoms with Gasteiger partial charge < -0.3 is 9.64 Å². The molecule has 0 radical (unpaired) electrons. The zero-order chi connectivity index (χ0) is 25.4. The molecular weight excluding hydrogens is 454 g/mol. The zero-order valence-corrected chi connectivity index (χ0v) is 21.8. The predicted octanol–water partition coefficient (Wildman–Crippen LogP) is 3.10. The Balaban J connectivity index is 1.13. The van der Waals surface area contributed by atoms with Gasteiger partial charge in [-0.2, -0.15) is 0 Å². The summed E-state index contributed by atoms with van der Waals surface area (Å²) in [6.07, 6.45) is 4.33. The van der Waals surface area contributed by atoms with Gasteiger partial charge in [-0.3, -0.25) is 24.2 Å². The van der Waals surface area contributed by atoms with Gasteiger partial charge in [0.1, 0.15) is 5.60 Å². The van der Waals surface area contributed by atoms with Crippen LogP contribution in [-0.4, -0.2) is 77.4 Å². The van der Waals surface area contributed by atoms with Crippen molar-refractivity contribution in [3.63, 3.8) is 0 Å². The summed E-state index contributed by atoms with van der Waals surface area (Å²) in [6.45, 7) is 12.2. The van der Waals surface area contributed by atoms with E-state index in [1.54, 1.807) is 0 Å². The lowest BCUT2D eigenvalue weighted by molar-refractivity contribution is -0.173. The van der Waals surface area contributed by atoms with Crippen molar-refractivity contribution < 1.29 is 19.1 Å². The number of carbonyl (C=O) groups excluding carboxylic acids is 3. The highest BCUT2D eigenvalue weighted by Crippen LogP contribution is 2.58. The van der Waals surface area contributed by atoms with E-state index in [0.717, 1.165) is 57.7 Å². The SMILES string of the molecule is CC(=O)O[C@]12C=C(C)[C@H](C(C)C1)C1C(=O)N(CCCCN3CCN(Cc4ccccc4)CC3)C(=O)C12. The molecule has 3 fully saturated rings. The normalized spacial score (nSPS) is 32.5. The standard InChI is InChI=1S/C29H39N3O4/c1-20-17-29(36-22(3)33)18-21(2)24(20)25-26(29)28(35)32(27(25)34)12-8-7-11-30-13-15-31(16-14-30)19-23-9-5-4-6-10-23/h4-6,9-10,17,21,24-26H,7-8,11-16,18-19H2,1-3H3/t21?,24-,25?,26?,29-/m1/s1. The number of amides is 2. The second-order valence-electron chi connectivity index (χ2n) is 11.3. The lowest BCUT2D eigenvalue weighted by Crippen LogP contribution is -2.57. The molecule has 194 valence electrons. The van der Waals surface area contributed by atoms with Crippen LogP contribution in [0.2, 0.25) is 0 Å². The Morgan fingerprint density at radius 1 is 0.972 bits per heavy atom. The van der Waals surface area contributed by atoms with E-state index in [1.165, 1.54) is 17.4 Å². The molecule has 0 spiro atoms. The first-order valence-corrected chi connectivity index (χ1v) is 13.5. The first-order chi connectivity index (χ1) is 17.3. The van der Waals surface area contributed by atoms with E-state index in [9.17, 15) is 14.4 Å². The van der Waals surface area contributed by atoms with Crippen LogP contribution in [0.5, 0.6) is 0 Å². The summed E-state index contributed by atoms with van der Waals surface area (Å²) in [4.78, 5) is 45.4. The van der Waals surface area contributed by atoms with Gasteiger partial charge in [0.05, 0.1) is 11.8 Å². The average molecular weight is 494 g/mol. The third kappa shape index (κ3) is 4.63. The fraction of sp³-hybridized carbons (Fsp3) is 0.621. The molecule has 2 aliphatic heterocycles. The number of ether oxygens (including phenoxy) is 1. The Morgan fingerprint density at radius 2 is 1.64 bits per heavy atom. The molecule has 0 aromatic heterocycles. The van der Waals surface area contributed by atoms with Gasteiger partial charge in [0.25, 0.3) is 0 Å². The summed E-state index contributed by atoms with van der Waals surface area (Å²) in [7, 11) is 0. The van der Waals surface area contributed by atoms with Crippen molar-refractivity contribution in [2.24, 2.45) is 23.7 Å². The number of hydrogen-bond donors (Lipinski definition) is 0. The molecule has 2 saturated heterocycles. The van der Waals surface area contributed by atoms with Crippen molar-refractivity contribution in [2.45, 2.75) is 52.2 Å². The summed E-state index contributed by atoms with van der Waals surface area (Å²) in [6, 6.07) is 10.6. The Bertz CT molecular complexity index is 1030. The highest BCUT2D eigenvalue weighted by molar-refractivity contribution is 6.07. The van der Waals surface area contributed by atoms with Crippen molar-refractivity contribution in [1.29, 1.82) is 0 Å². The van der Waals surface area contributed by atoms with Crippen LogP contribution in [0.4, 0.5) is 0 Å². The molecule has 1 aromatic carbocycles. The number of carbonyl (C=O) groups is 3. The number of imide groups is 1. The third-order valence-corrected chi connectivity index (χ3v) is 8.76. The first kappa shape index (κ1) is 25.2. The third-order valence-electron chi connectivity index (χ3n) is 8.76. The number of piperazine rings is 1. The molecule has 2 bridgehead atoms. The van der Waals surface area contributed by atoms with Crippen LogP contribution in [-0.2, 0) is 25.7 Å². The first-order valence-electron chi connectivity index (χ1n) is 13.5. The number of benzene rings is 1. The Hall–Kier alpha value is -2.51. The van der Waals surface area contributed by atoms with E-state index in [-0.39, 0.29) is 23.7 Å². The summed E-state index contributed by atoms with van der Waals surface area (Å²) in [5.74, 6) is -1.33. The molecule has 1 aromatic rings. The van der Waals surface area contributed by atoms with Gasteiger partial charge in [-0.15, -0.1) is 0 Å². The van der Waals surface area contributed by atoms with Gasteiger partial charge in [0.2, 0.25) is 11.8 Å². The molecule has 3 aliphatic carbocycles. The van der Waals surface area contributed by atoms with Crippen LogP contribution >= 0.6 is 0 Å². The predicted molar refractivity (Wildman–Crippen MR) is 137 cm³/mol. The van der Waals surface area contributed by atoms with Crippen molar-refractivity contribution in [3.8, 4) is 0 Å². The Labute approximate surface area is 214 Å². The Kier molecular flexibility index (Phi) is 7.05. The van der Waals surface area contributed by atoms with E-state index in [0.29, 0.717) is 13.0 Å².